The van der Waals surface area contributed by atoms with E-state index in [4.69, 9.17) is 38.0 Å². The smallest absolute Gasteiger partial charge is 0.304 e. The van der Waals surface area contributed by atoms with Crippen molar-refractivity contribution in [2.24, 2.45) is 0 Å². The van der Waals surface area contributed by atoms with E-state index in [-0.39, 0.29) is 6.42 Å². The Hall–Kier alpha value is -1.60. The van der Waals surface area contributed by atoms with E-state index in [0.717, 1.165) is 35.7 Å². The van der Waals surface area contributed by atoms with E-state index in [9.17, 15) is 4.79 Å². The Morgan fingerprint density at radius 3 is 2.92 bits per heavy atom. The Balaban J connectivity index is 1.90. The Morgan fingerprint density at radius 1 is 1.38 bits per heavy atom. The van der Waals surface area contributed by atoms with Crippen LogP contribution in [0.5, 0.6) is 0 Å². The van der Waals surface area contributed by atoms with E-state index >= 15 is 0 Å². The number of methoxy groups -OCH3 is 1. The van der Waals surface area contributed by atoms with Gasteiger partial charge in [0.15, 0.2) is 0 Å². The molecule has 2 aromatic rings. The first-order valence-electron chi connectivity index (χ1n) is 8.42. The lowest BCUT2D eigenvalue weighted by atomic mass is 10.1. The van der Waals surface area contributed by atoms with Crippen LogP contribution in [0.3, 0.4) is 0 Å². The number of hydrogen-bond acceptors (Lipinski definition) is 4. The molecule has 6 nitrogen and oxygen atoms in total. The Kier molecular flexibility index (Phi) is 6.19. The van der Waals surface area contributed by atoms with Gasteiger partial charge in [-0.05, 0) is 23.8 Å². The number of halogens is 2. The highest BCUT2D eigenvalue weighted by molar-refractivity contribution is 6.33. The third kappa shape index (κ3) is 4.38. The minimum absolute atomic E-state index is 0.133. The number of hydrogen-bond donors (Lipinski definition) is 1. The number of carboxylic acids is 1. The van der Waals surface area contributed by atoms with Crippen molar-refractivity contribution in [2.45, 2.75) is 32.5 Å². The molecule has 3 rings (SSSR count). The van der Waals surface area contributed by atoms with Crippen molar-refractivity contribution in [3.8, 4) is 0 Å². The lowest BCUT2D eigenvalue weighted by molar-refractivity contribution is -0.137. The molecule has 26 heavy (non-hydrogen) atoms. The van der Waals surface area contributed by atoms with Gasteiger partial charge in [0.05, 0.1) is 24.4 Å². The number of rotatable bonds is 7. The first-order chi connectivity index (χ1) is 12.5. The second kappa shape index (κ2) is 8.39. The predicted molar refractivity (Wildman–Crippen MR) is 99.7 cm³/mol. The summed E-state index contributed by atoms with van der Waals surface area (Å²) in [6.45, 7) is 2.95. The number of ether oxygens (including phenoxy) is 1. The van der Waals surface area contributed by atoms with Crippen LogP contribution < -0.4 is 0 Å². The zero-order valence-corrected chi connectivity index (χ0v) is 16.1. The number of aliphatic carboxylic acids is 1. The van der Waals surface area contributed by atoms with Gasteiger partial charge in [0.1, 0.15) is 12.4 Å². The van der Waals surface area contributed by atoms with Gasteiger partial charge in [-0.2, -0.15) is 0 Å². The standard InChI is InChI=1S/C18H21Cl2N3O3/c1-26-11-17-21-15-4-6-22(7-5-18(24)25)10-16(15)23(17)9-12-8-13(19)2-3-14(12)20/h2-3,8H,4-7,9-11H2,1H3,(H,24,25). The fourth-order valence-corrected chi connectivity index (χ4v) is 3.60. The lowest BCUT2D eigenvalue weighted by Crippen LogP contribution is -2.33. The third-order valence-electron chi connectivity index (χ3n) is 4.52. The van der Waals surface area contributed by atoms with Crippen molar-refractivity contribution in [3.63, 3.8) is 0 Å². The molecule has 0 atom stereocenters. The summed E-state index contributed by atoms with van der Waals surface area (Å²) < 4.78 is 7.42. The normalized spacial score (nSPS) is 14.4. The van der Waals surface area contributed by atoms with Gasteiger partial charge in [-0.1, -0.05) is 23.2 Å². The first-order valence-corrected chi connectivity index (χ1v) is 9.17. The van der Waals surface area contributed by atoms with Crippen LogP contribution in [0.1, 0.15) is 29.2 Å². The number of aromatic nitrogens is 2. The number of carbonyl (C=O) groups is 1. The number of imidazole rings is 1. The van der Waals surface area contributed by atoms with Crippen molar-refractivity contribution in [3.05, 3.63) is 51.0 Å². The molecule has 1 N–H and O–H groups in total. The van der Waals surface area contributed by atoms with Crippen molar-refractivity contribution in [2.75, 3.05) is 20.2 Å². The summed E-state index contributed by atoms with van der Waals surface area (Å²) in [5.41, 5.74) is 3.05. The molecule has 0 fully saturated rings. The van der Waals surface area contributed by atoms with E-state index in [2.05, 4.69) is 9.47 Å². The van der Waals surface area contributed by atoms with Crippen LogP contribution in [0.4, 0.5) is 0 Å². The maximum absolute atomic E-state index is 10.9. The average molecular weight is 398 g/mol. The fraction of sp³-hybridized carbons (Fsp3) is 0.444. The van der Waals surface area contributed by atoms with Crippen molar-refractivity contribution in [1.29, 1.82) is 0 Å². The summed E-state index contributed by atoms with van der Waals surface area (Å²) >= 11 is 12.5. The van der Waals surface area contributed by atoms with Crippen LogP contribution >= 0.6 is 23.2 Å². The molecule has 0 saturated heterocycles. The molecule has 0 saturated carbocycles. The van der Waals surface area contributed by atoms with Crippen LogP contribution in [0.15, 0.2) is 18.2 Å². The predicted octanol–water partition coefficient (Wildman–Crippen LogP) is 3.22. The second-order valence-corrected chi connectivity index (χ2v) is 7.19. The van der Waals surface area contributed by atoms with E-state index in [1.807, 2.05) is 6.07 Å². The molecular formula is C18H21Cl2N3O3. The summed E-state index contributed by atoms with van der Waals surface area (Å²) in [7, 11) is 1.64. The number of carboxylic acid groups (broad SMARTS) is 1. The fourth-order valence-electron chi connectivity index (χ4n) is 3.23. The van der Waals surface area contributed by atoms with Gasteiger partial charge in [0.25, 0.3) is 0 Å². The molecule has 0 radical (unpaired) electrons. The molecule has 0 unspecified atom stereocenters. The molecule has 1 aliphatic rings. The summed E-state index contributed by atoms with van der Waals surface area (Å²) in [6, 6.07) is 5.41. The van der Waals surface area contributed by atoms with E-state index in [1.54, 1.807) is 19.2 Å². The van der Waals surface area contributed by atoms with Gasteiger partial charge in [-0.25, -0.2) is 4.98 Å². The Bertz CT molecular complexity index is 807. The molecular weight excluding hydrogens is 377 g/mol. The van der Waals surface area contributed by atoms with E-state index in [0.29, 0.717) is 36.3 Å². The Labute approximate surface area is 162 Å². The van der Waals surface area contributed by atoms with Gasteiger partial charge in [-0.15, -0.1) is 0 Å². The molecule has 0 aliphatic carbocycles. The highest BCUT2D eigenvalue weighted by Crippen LogP contribution is 2.26. The van der Waals surface area contributed by atoms with Crippen molar-refractivity contribution < 1.29 is 14.6 Å². The molecule has 1 aromatic carbocycles. The Morgan fingerprint density at radius 2 is 2.19 bits per heavy atom. The van der Waals surface area contributed by atoms with Crippen molar-refractivity contribution in [1.82, 2.24) is 14.5 Å². The summed E-state index contributed by atoms with van der Waals surface area (Å²) in [6.07, 6.45) is 0.927. The first kappa shape index (κ1) is 19.2. The maximum atomic E-state index is 10.9. The summed E-state index contributed by atoms with van der Waals surface area (Å²) in [5, 5.41) is 10.2. The number of fused-ring (bicyclic) bond motifs is 1. The quantitative estimate of drug-likeness (QED) is 0.776. The SMILES string of the molecule is COCc1nc2c(n1Cc1cc(Cl)ccc1Cl)CN(CCC(=O)O)CC2. The molecule has 1 aromatic heterocycles. The summed E-state index contributed by atoms with van der Waals surface area (Å²) in [4.78, 5) is 17.7. The van der Waals surface area contributed by atoms with Gasteiger partial charge >= 0.3 is 5.97 Å². The highest BCUT2D eigenvalue weighted by Gasteiger charge is 2.24. The second-order valence-electron chi connectivity index (χ2n) is 6.35. The van der Waals surface area contributed by atoms with Gasteiger partial charge in [0.2, 0.25) is 0 Å². The minimum atomic E-state index is -0.782. The van der Waals surface area contributed by atoms with Crippen LogP contribution in [-0.2, 0) is 35.6 Å². The zero-order valence-electron chi connectivity index (χ0n) is 14.5. The number of benzene rings is 1. The zero-order chi connectivity index (χ0) is 18.7. The maximum Gasteiger partial charge on any atom is 0.304 e. The average Bonchev–Trinajstić information content (AvgIpc) is 2.93. The van der Waals surface area contributed by atoms with E-state index in [1.165, 1.54) is 0 Å². The molecule has 1 aliphatic heterocycles. The molecule has 0 bridgehead atoms. The molecule has 2 heterocycles. The molecule has 0 amide bonds. The van der Waals surface area contributed by atoms with Gasteiger partial charge in [0, 0.05) is 43.2 Å². The minimum Gasteiger partial charge on any atom is -0.481 e. The van der Waals surface area contributed by atoms with Crippen molar-refractivity contribution >= 4 is 29.2 Å². The van der Waals surface area contributed by atoms with Crippen LogP contribution in [0.2, 0.25) is 10.0 Å². The van der Waals surface area contributed by atoms with E-state index < -0.39 is 5.97 Å². The molecule has 8 heteroatoms. The van der Waals surface area contributed by atoms with Crippen LogP contribution in [0.25, 0.3) is 0 Å². The van der Waals surface area contributed by atoms with Gasteiger partial charge in [-0.3, -0.25) is 9.69 Å². The van der Waals surface area contributed by atoms with Crippen LogP contribution in [-0.4, -0.2) is 45.7 Å². The highest BCUT2D eigenvalue weighted by atomic mass is 35.5. The topological polar surface area (TPSA) is 67.6 Å². The largest absolute Gasteiger partial charge is 0.481 e. The lowest BCUT2D eigenvalue weighted by Gasteiger charge is -2.27. The summed E-state index contributed by atoms with van der Waals surface area (Å²) in [5.74, 6) is 0.0590. The van der Waals surface area contributed by atoms with Gasteiger partial charge < -0.3 is 14.4 Å². The number of nitrogens with zero attached hydrogens (tertiary/aromatic N) is 3. The molecule has 0 spiro atoms. The monoisotopic (exact) mass is 397 g/mol. The third-order valence-corrected chi connectivity index (χ3v) is 5.13. The molecule has 140 valence electrons. The van der Waals surface area contributed by atoms with Crippen LogP contribution in [0, 0.1) is 0 Å².